The van der Waals surface area contributed by atoms with Gasteiger partial charge in [-0.15, -0.1) is 0 Å². The van der Waals surface area contributed by atoms with Gasteiger partial charge in [0.15, 0.2) is 0 Å². The van der Waals surface area contributed by atoms with Gasteiger partial charge in [-0.2, -0.15) is 0 Å². The van der Waals surface area contributed by atoms with E-state index in [1.165, 1.54) is 0 Å². The second-order valence-corrected chi connectivity index (χ2v) is 9.28. The second-order valence-electron chi connectivity index (χ2n) is 9.28. The van der Waals surface area contributed by atoms with Crippen molar-refractivity contribution < 1.29 is 9.59 Å². The minimum Gasteiger partial charge on any atom is -0.336 e. The zero-order valence-electron chi connectivity index (χ0n) is 19.6. The van der Waals surface area contributed by atoms with E-state index in [9.17, 15) is 9.59 Å². The van der Waals surface area contributed by atoms with Crippen molar-refractivity contribution in [1.82, 2.24) is 14.5 Å². The topological polar surface area (TPSA) is 58.4 Å². The number of carbonyl (C=O) groups excluding carboxylic acids is 2. The molecule has 4 rings (SSSR count). The number of benzene rings is 2. The minimum atomic E-state index is -0.0604. The molecule has 2 aromatic carbocycles. The molecule has 1 saturated heterocycles. The summed E-state index contributed by atoms with van der Waals surface area (Å²) >= 11 is 0. The Morgan fingerprint density at radius 3 is 2.50 bits per heavy atom. The van der Waals surface area contributed by atoms with Crippen LogP contribution in [-0.4, -0.2) is 44.9 Å². The van der Waals surface area contributed by atoms with Crippen LogP contribution >= 0.6 is 0 Å². The Morgan fingerprint density at radius 2 is 1.81 bits per heavy atom. The van der Waals surface area contributed by atoms with Gasteiger partial charge >= 0.3 is 0 Å². The van der Waals surface area contributed by atoms with Crippen LogP contribution in [0.1, 0.15) is 51.4 Å². The number of nitrogens with zero attached hydrogens (tertiary/aromatic N) is 4. The van der Waals surface area contributed by atoms with Gasteiger partial charge in [0.25, 0.3) is 0 Å². The van der Waals surface area contributed by atoms with Gasteiger partial charge in [-0.1, -0.05) is 24.3 Å². The van der Waals surface area contributed by atoms with Crippen LogP contribution in [0.15, 0.2) is 48.5 Å². The summed E-state index contributed by atoms with van der Waals surface area (Å²) in [5, 5.41) is 0. The first-order valence-corrected chi connectivity index (χ1v) is 11.4. The summed E-state index contributed by atoms with van der Waals surface area (Å²) in [5.41, 5.74) is 3.84. The molecule has 0 unspecified atom stereocenters. The van der Waals surface area contributed by atoms with Crippen molar-refractivity contribution in [2.75, 3.05) is 11.4 Å². The van der Waals surface area contributed by atoms with Gasteiger partial charge in [0, 0.05) is 36.7 Å². The third-order valence-electron chi connectivity index (χ3n) is 6.18. The zero-order chi connectivity index (χ0) is 23.0. The predicted molar refractivity (Wildman–Crippen MR) is 128 cm³/mol. The van der Waals surface area contributed by atoms with E-state index in [1.807, 2.05) is 97.5 Å². The van der Waals surface area contributed by atoms with Crippen LogP contribution in [0.25, 0.3) is 11.0 Å². The van der Waals surface area contributed by atoms with E-state index in [-0.39, 0.29) is 36.4 Å². The molecule has 0 bridgehead atoms. The van der Waals surface area contributed by atoms with Crippen molar-refractivity contribution >= 4 is 28.5 Å². The Balaban J connectivity index is 1.69. The van der Waals surface area contributed by atoms with Gasteiger partial charge in [0.05, 0.1) is 11.0 Å². The summed E-state index contributed by atoms with van der Waals surface area (Å²) in [7, 11) is 0. The van der Waals surface area contributed by atoms with Crippen molar-refractivity contribution in [3.05, 3.63) is 59.9 Å². The third kappa shape index (κ3) is 4.14. The summed E-state index contributed by atoms with van der Waals surface area (Å²) in [6.07, 6.45) is 0.392. The first kappa shape index (κ1) is 22.1. The third-order valence-corrected chi connectivity index (χ3v) is 6.18. The molecular weight excluding hydrogens is 400 g/mol. The highest BCUT2D eigenvalue weighted by molar-refractivity contribution is 5.96. The average molecular weight is 433 g/mol. The molecule has 6 nitrogen and oxygen atoms in total. The van der Waals surface area contributed by atoms with E-state index in [0.29, 0.717) is 13.0 Å². The van der Waals surface area contributed by atoms with Crippen LogP contribution in [0, 0.1) is 6.92 Å². The summed E-state index contributed by atoms with van der Waals surface area (Å²) in [6, 6.07) is 16.2. The molecule has 0 aliphatic carbocycles. The van der Waals surface area contributed by atoms with Gasteiger partial charge in [0.2, 0.25) is 11.8 Å². The number of anilines is 1. The lowest BCUT2D eigenvalue weighted by Crippen LogP contribution is -2.44. The highest BCUT2D eigenvalue weighted by Crippen LogP contribution is 2.33. The number of para-hydroxylation sites is 2. The normalized spacial score (nSPS) is 16.5. The summed E-state index contributed by atoms with van der Waals surface area (Å²) in [6.45, 7) is 11.0. The van der Waals surface area contributed by atoms with Crippen LogP contribution in [0.5, 0.6) is 0 Å². The molecule has 6 heteroatoms. The van der Waals surface area contributed by atoms with Gasteiger partial charge in [0.1, 0.15) is 12.4 Å². The van der Waals surface area contributed by atoms with E-state index in [2.05, 4.69) is 0 Å². The number of hydrogen-bond donors (Lipinski definition) is 0. The second kappa shape index (κ2) is 8.77. The monoisotopic (exact) mass is 432 g/mol. The summed E-state index contributed by atoms with van der Waals surface area (Å²) < 4.78 is 2.02. The fourth-order valence-corrected chi connectivity index (χ4v) is 4.89. The van der Waals surface area contributed by atoms with Crippen LogP contribution in [0.2, 0.25) is 0 Å². The molecule has 0 radical (unpaired) electrons. The number of rotatable bonds is 6. The zero-order valence-corrected chi connectivity index (χ0v) is 19.6. The SMILES string of the molecule is Cc1cccc(N2C[C@@H](c3nc4ccccc4n3CC(=O)N(C(C)C)C(C)C)CC2=O)c1. The van der Waals surface area contributed by atoms with Crippen molar-refractivity contribution in [3.63, 3.8) is 0 Å². The van der Waals surface area contributed by atoms with Gasteiger partial charge in [-0.05, 0) is 64.4 Å². The largest absolute Gasteiger partial charge is 0.336 e. The first-order valence-electron chi connectivity index (χ1n) is 11.4. The van der Waals surface area contributed by atoms with Crippen LogP contribution in [0.3, 0.4) is 0 Å². The molecule has 1 aromatic heterocycles. The highest BCUT2D eigenvalue weighted by atomic mass is 16.2. The molecule has 168 valence electrons. The van der Waals surface area contributed by atoms with Crippen LogP contribution in [-0.2, 0) is 16.1 Å². The Kier molecular flexibility index (Phi) is 6.04. The number of aromatic nitrogens is 2. The molecular formula is C26H32N4O2. The minimum absolute atomic E-state index is 0.0604. The summed E-state index contributed by atoms with van der Waals surface area (Å²) in [4.78, 5) is 34.9. The average Bonchev–Trinajstić information content (AvgIpc) is 3.28. The molecule has 1 fully saturated rings. The molecule has 1 aliphatic rings. The highest BCUT2D eigenvalue weighted by Gasteiger charge is 2.35. The molecule has 2 amide bonds. The van der Waals surface area contributed by atoms with Crippen molar-refractivity contribution in [1.29, 1.82) is 0 Å². The molecule has 2 heterocycles. The van der Waals surface area contributed by atoms with E-state index >= 15 is 0 Å². The van der Waals surface area contributed by atoms with Crippen molar-refractivity contribution in [3.8, 4) is 0 Å². The number of aryl methyl sites for hydroxylation is 1. The van der Waals surface area contributed by atoms with Crippen LogP contribution in [0.4, 0.5) is 5.69 Å². The van der Waals surface area contributed by atoms with E-state index in [1.54, 1.807) is 0 Å². The molecule has 3 aromatic rings. The van der Waals surface area contributed by atoms with Gasteiger partial charge in [-0.3, -0.25) is 9.59 Å². The van der Waals surface area contributed by atoms with E-state index < -0.39 is 0 Å². The molecule has 1 atom stereocenters. The predicted octanol–water partition coefficient (Wildman–Crippen LogP) is 4.51. The standard InChI is InChI=1S/C26H32N4O2/c1-17(2)30(18(3)4)25(32)16-29-23-12-7-6-11-22(23)27-26(29)20-14-24(31)28(15-20)21-10-8-9-19(5)13-21/h6-13,17-18,20H,14-16H2,1-5H3/t20-/m0/s1. The van der Waals surface area contributed by atoms with E-state index in [4.69, 9.17) is 4.98 Å². The number of amides is 2. The van der Waals surface area contributed by atoms with Crippen molar-refractivity contribution in [2.45, 2.75) is 65.6 Å². The first-order chi connectivity index (χ1) is 15.3. The van der Waals surface area contributed by atoms with Crippen molar-refractivity contribution in [2.24, 2.45) is 0 Å². The van der Waals surface area contributed by atoms with E-state index in [0.717, 1.165) is 28.1 Å². The maximum absolute atomic E-state index is 13.3. The lowest BCUT2D eigenvalue weighted by molar-refractivity contribution is -0.135. The maximum Gasteiger partial charge on any atom is 0.243 e. The number of carbonyl (C=O) groups is 2. The Morgan fingerprint density at radius 1 is 1.09 bits per heavy atom. The lowest BCUT2D eigenvalue weighted by atomic mass is 10.1. The quantitative estimate of drug-likeness (QED) is 0.576. The Hall–Kier alpha value is -3.15. The molecule has 1 aliphatic heterocycles. The van der Waals surface area contributed by atoms with Gasteiger partial charge < -0.3 is 14.4 Å². The fourth-order valence-electron chi connectivity index (χ4n) is 4.89. The summed E-state index contributed by atoms with van der Waals surface area (Å²) in [5.74, 6) is 0.918. The fraction of sp³-hybridized carbons (Fsp3) is 0.423. The molecule has 32 heavy (non-hydrogen) atoms. The maximum atomic E-state index is 13.3. The Bertz CT molecular complexity index is 1140. The Labute approximate surface area is 189 Å². The number of hydrogen-bond acceptors (Lipinski definition) is 3. The lowest BCUT2D eigenvalue weighted by Gasteiger charge is -2.31. The van der Waals surface area contributed by atoms with Gasteiger partial charge in [-0.25, -0.2) is 4.98 Å². The molecule has 0 saturated carbocycles. The molecule has 0 spiro atoms. The number of fused-ring (bicyclic) bond motifs is 1. The number of imidazole rings is 1. The smallest absolute Gasteiger partial charge is 0.243 e. The molecule has 0 N–H and O–H groups in total. The van der Waals surface area contributed by atoms with Crippen LogP contribution < -0.4 is 4.90 Å².